The fourth-order valence-electron chi connectivity index (χ4n) is 1.26. The van der Waals surface area contributed by atoms with Gasteiger partial charge in [0, 0.05) is 3.57 Å². The van der Waals surface area contributed by atoms with Crippen molar-refractivity contribution in [3.8, 4) is 5.75 Å². The molecule has 1 aromatic rings. The van der Waals surface area contributed by atoms with E-state index in [0.29, 0.717) is 3.57 Å². The van der Waals surface area contributed by atoms with Crippen LogP contribution in [0, 0.1) is 3.57 Å². The Morgan fingerprint density at radius 1 is 1.29 bits per heavy atom. The Bertz CT molecular complexity index is 435. The minimum Gasteiger partial charge on any atom is -0.434 e. The Hall–Kier alpha value is -0.860. The third-order valence-corrected chi connectivity index (χ3v) is 2.53. The van der Waals surface area contributed by atoms with Crippen LogP contribution in [0.4, 0.5) is 17.6 Å². The van der Waals surface area contributed by atoms with Crippen molar-refractivity contribution in [1.29, 1.82) is 0 Å². The van der Waals surface area contributed by atoms with Crippen LogP contribution in [0.3, 0.4) is 0 Å². The van der Waals surface area contributed by atoms with Gasteiger partial charge in [-0.25, -0.2) is 8.78 Å². The highest BCUT2D eigenvalue weighted by Crippen LogP contribution is 2.35. The summed E-state index contributed by atoms with van der Waals surface area (Å²) in [5, 5.41) is 0. The second-order valence-corrected chi connectivity index (χ2v) is 4.35. The Kier molecular flexibility index (Phi) is 4.72. The second kappa shape index (κ2) is 5.65. The van der Waals surface area contributed by atoms with Crippen LogP contribution in [0.5, 0.6) is 5.75 Å². The molecule has 94 valence electrons. The number of alkyl halides is 4. The number of ketones is 1. The Morgan fingerprint density at radius 3 is 2.29 bits per heavy atom. The number of ether oxygens (including phenoxy) is 1. The molecule has 0 saturated carbocycles. The van der Waals surface area contributed by atoms with Crippen LogP contribution >= 0.6 is 22.6 Å². The van der Waals surface area contributed by atoms with Crippen LogP contribution < -0.4 is 4.74 Å². The zero-order chi connectivity index (χ0) is 13.2. The first-order chi connectivity index (χ1) is 7.82. The Labute approximate surface area is 108 Å². The minimum absolute atomic E-state index is 0.271. The van der Waals surface area contributed by atoms with Crippen LogP contribution in [0.2, 0.25) is 0 Å². The molecule has 0 spiro atoms. The van der Waals surface area contributed by atoms with Crippen LogP contribution in [0.15, 0.2) is 12.1 Å². The molecule has 0 amide bonds. The fraction of sp³-hybridized carbons (Fsp3) is 0.300. The highest BCUT2D eigenvalue weighted by atomic mass is 127. The number of hydrogen-bond acceptors (Lipinski definition) is 2. The van der Waals surface area contributed by atoms with Crippen molar-refractivity contribution < 1.29 is 27.1 Å². The van der Waals surface area contributed by atoms with Crippen molar-refractivity contribution in [3.63, 3.8) is 0 Å². The maximum atomic E-state index is 12.7. The van der Waals surface area contributed by atoms with Gasteiger partial charge in [0.2, 0.25) is 0 Å². The number of carbonyl (C=O) groups is 1. The summed E-state index contributed by atoms with van der Waals surface area (Å²) >= 11 is 1.72. The lowest BCUT2D eigenvalue weighted by atomic mass is 10.1. The van der Waals surface area contributed by atoms with E-state index in [-0.39, 0.29) is 5.56 Å². The molecule has 0 aliphatic carbocycles. The van der Waals surface area contributed by atoms with Gasteiger partial charge in [0.1, 0.15) is 5.75 Å². The van der Waals surface area contributed by atoms with E-state index in [1.165, 1.54) is 6.07 Å². The molecule has 2 nitrogen and oxygen atoms in total. The summed E-state index contributed by atoms with van der Waals surface area (Å²) in [4.78, 5) is 11.2. The molecule has 7 heteroatoms. The summed E-state index contributed by atoms with van der Waals surface area (Å²) in [6, 6.07) is 2.24. The van der Waals surface area contributed by atoms with Gasteiger partial charge < -0.3 is 4.74 Å². The molecule has 0 aliphatic heterocycles. The van der Waals surface area contributed by atoms with E-state index in [1.54, 1.807) is 22.6 Å². The number of halogens is 5. The summed E-state index contributed by atoms with van der Waals surface area (Å²) in [6.07, 6.45) is -2.99. The number of benzene rings is 1. The first kappa shape index (κ1) is 14.2. The lowest BCUT2D eigenvalue weighted by Crippen LogP contribution is -2.10. The summed E-state index contributed by atoms with van der Waals surface area (Å²) in [6.45, 7) is -2.16. The zero-order valence-electron chi connectivity index (χ0n) is 8.52. The lowest BCUT2D eigenvalue weighted by molar-refractivity contribution is -0.0522. The molecule has 1 aromatic carbocycles. The molecular weight excluding hydrogens is 355 g/mol. The first-order valence-electron chi connectivity index (χ1n) is 4.40. The number of Topliss-reactive ketones (excluding diaryl/α,β-unsaturated/α-hetero) is 1. The Balaban J connectivity index is 3.41. The van der Waals surface area contributed by atoms with E-state index >= 15 is 0 Å². The molecule has 17 heavy (non-hydrogen) atoms. The molecule has 0 aliphatic rings. The SMILES string of the molecule is CC(=O)c1cc(I)cc(C(F)F)c1OC(F)F. The quantitative estimate of drug-likeness (QED) is 0.459. The number of carbonyl (C=O) groups excluding carboxylic acids is 1. The lowest BCUT2D eigenvalue weighted by Gasteiger charge is -2.14. The van der Waals surface area contributed by atoms with E-state index < -0.39 is 30.1 Å². The van der Waals surface area contributed by atoms with E-state index in [2.05, 4.69) is 4.74 Å². The van der Waals surface area contributed by atoms with Crippen LogP contribution in [0.25, 0.3) is 0 Å². The minimum atomic E-state index is -3.26. The van der Waals surface area contributed by atoms with Gasteiger partial charge in [-0.05, 0) is 41.6 Å². The summed E-state index contributed by atoms with van der Waals surface area (Å²) < 4.78 is 53.9. The van der Waals surface area contributed by atoms with E-state index in [1.807, 2.05) is 0 Å². The molecule has 0 heterocycles. The maximum absolute atomic E-state index is 12.7. The third kappa shape index (κ3) is 3.55. The van der Waals surface area contributed by atoms with Crippen molar-refractivity contribution >= 4 is 28.4 Å². The van der Waals surface area contributed by atoms with Crippen molar-refractivity contribution in [2.45, 2.75) is 20.0 Å². The first-order valence-corrected chi connectivity index (χ1v) is 5.48. The predicted molar refractivity (Wildman–Crippen MR) is 60.8 cm³/mol. The Morgan fingerprint density at radius 2 is 1.88 bits per heavy atom. The number of rotatable bonds is 4. The van der Waals surface area contributed by atoms with Crippen molar-refractivity contribution in [2.24, 2.45) is 0 Å². The third-order valence-electron chi connectivity index (χ3n) is 1.90. The molecule has 0 unspecified atom stereocenters. The largest absolute Gasteiger partial charge is 0.434 e. The summed E-state index contributed by atoms with van der Waals surface area (Å²) in [5.41, 5.74) is -0.977. The van der Waals surface area contributed by atoms with E-state index in [0.717, 1.165) is 13.0 Å². The normalized spacial score (nSPS) is 11.1. The molecule has 0 fully saturated rings. The van der Waals surface area contributed by atoms with E-state index in [4.69, 9.17) is 0 Å². The van der Waals surface area contributed by atoms with Crippen LogP contribution in [-0.2, 0) is 0 Å². The summed E-state index contributed by atoms with van der Waals surface area (Å²) in [7, 11) is 0. The van der Waals surface area contributed by atoms with Crippen LogP contribution in [0.1, 0.15) is 29.3 Å². The van der Waals surface area contributed by atoms with Gasteiger partial charge in [0.15, 0.2) is 5.78 Å². The molecule has 0 N–H and O–H groups in total. The molecule has 0 aromatic heterocycles. The smallest absolute Gasteiger partial charge is 0.387 e. The zero-order valence-corrected chi connectivity index (χ0v) is 10.7. The van der Waals surface area contributed by atoms with Gasteiger partial charge in [0.25, 0.3) is 6.43 Å². The molecule has 0 radical (unpaired) electrons. The summed E-state index contributed by atoms with van der Waals surface area (Å²) in [5.74, 6) is -1.36. The predicted octanol–water partition coefficient (Wildman–Crippen LogP) is 4.03. The average Bonchev–Trinajstić information content (AvgIpc) is 2.18. The highest BCUT2D eigenvalue weighted by Gasteiger charge is 2.23. The van der Waals surface area contributed by atoms with Crippen molar-refractivity contribution in [2.75, 3.05) is 0 Å². The van der Waals surface area contributed by atoms with Gasteiger partial charge in [-0.3, -0.25) is 4.79 Å². The second-order valence-electron chi connectivity index (χ2n) is 3.11. The maximum Gasteiger partial charge on any atom is 0.387 e. The number of hydrogen-bond donors (Lipinski definition) is 0. The van der Waals surface area contributed by atoms with Gasteiger partial charge in [-0.15, -0.1) is 0 Å². The molecular formula is C10H7F4IO2. The highest BCUT2D eigenvalue weighted by molar-refractivity contribution is 14.1. The molecule has 1 rings (SSSR count). The van der Waals surface area contributed by atoms with Gasteiger partial charge in [0.05, 0.1) is 11.1 Å². The molecule has 0 atom stereocenters. The van der Waals surface area contributed by atoms with Gasteiger partial charge >= 0.3 is 6.61 Å². The van der Waals surface area contributed by atoms with Crippen molar-refractivity contribution in [3.05, 3.63) is 26.8 Å². The molecule has 0 saturated heterocycles. The average molecular weight is 362 g/mol. The van der Waals surface area contributed by atoms with Crippen molar-refractivity contribution in [1.82, 2.24) is 0 Å². The molecule has 0 bridgehead atoms. The standard InChI is InChI=1S/C10H7F4IO2/c1-4(16)6-2-5(15)3-7(9(11)12)8(6)17-10(13)14/h2-3,9-10H,1H3. The van der Waals surface area contributed by atoms with Crippen LogP contribution in [-0.4, -0.2) is 12.4 Å². The monoisotopic (exact) mass is 362 g/mol. The topological polar surface area (TPSA) is 26.3 Å². The van der Waals surface area contributed by atoms with Gasteiger partial charge in [-0.2, -0.15) is 8.78 Å². The van der Waals surface area contributed by atoms with Gasteiger partial charge in [-0.1, -0.05) is 0 Å². The van der Waals surface area contributed by atoms with E-state index in [9.17, 15) is 22.4 Å². The fourth-order valence-corrected chi connectivity index (χ4v) is 1.91.